The van der Waals surface area contributed by atoms with Gasteiger partial charge in [0, 0.05) is 6.42 Å². The highest BCUT2D eigenvalue weighted by Crippen LogP contribution is 2.18. The molecule has 0 spiro atoms. The van der Waals surface area contributed by atoms with Crippen molar-refractivity contribution in [1.82, 2.24) is 5.32 Å². The first-order chi connectivity index (χ1) is 36.7. The molecule has 74 heavy (non-hydrogen) atoms. The predicted molar refractivity (Wildman–Crippen MR) is 331 cm³/mol. The number of rotatable bonds is 62. The maximum absolute atomic E-state index is 12.5. The Labute approximate surface area is 464 Å². The molecule has 4 heteroatoms. The second-order valence-electron chi connectivity index (χ2n) is 22.9. The van der Waals surface area contributed by atoms with Gasteiger partial charge in [-0.25, -0.2) is 0 Å². The maximum Gasteiger partial charge on any atom is 0.220 e. The number of hydrogen-bond acceptors (Lipinski definition) is 3. The lowest BCUT2D eigenvalue weighted by Crippen LogP contribution is -2.45. The summed E-state index contributed by atoms with van der Waals surface area (Å²) in [5.41, 5.74) is 0. The van der Waals surface area contributed by atoms with E-state index in [0.717, 1.165) is 44.9 Å². The molecule has 0 saturated heterocycles. The monoisotopic (exact) mass is 1030 g/mol. The number of hydrogen-bond donors (Lipinski definition) is 3. The third kappa shape index (κ3) is 60.9. The van der Waals surface area contributed by atoms with E-state index in [4.69, 9.17) is 0 Å². The van der Waals surface area contributed by atoms with E-state index in [2.05, 4.69) is 67.8 Å². The molecular formula is C70H131NO3. The molecule has 1 amide bonds. The second-order valence-corrected chi connectivity index (χ2v) is 22.9. The summed E-state index contributed by atoms with van der Waals surface area (Å²) in [6.45, 7) is 4.33. The number of amides is 1. The molecule has 2 atom stereocenters. The molecule has 0 bridgehead atoms. The first-order valence-corrected chi connectivity index (χ1v) is 33.5. The Bertz CT molecular complexity index is 1220. The summed E-state index contributed by atoms with van der Waals surface area (Å²) in [4.78, 5) is 12.5. The number of unbranched alkanes of at least 4 members (excludes halogenated alkanes) is 47. The van der Waals surface area contributed by atoms with E-state index >= 15 is 0 Å². The van der Waals surface area contributed by atoms with Crippen molar-refractivity contribution < 1.29 is 15.0 Å². The molecule has 0 aliphatic rings. The fourth-order valence-corrected chi connectivity index (χ4v) is 10.4. The zero-order valence-electron chi connectivity index (χ0n) is 50.1. The average molecular weight is 1030 g/mol. The second kappa shape index (κ2) is 65.4. The van der Waals surface area contributed by atoms with Crippen LogP contribution < -0.4 is 5.32 Å². The lowest BCUT2D eigenvalue weighted by atomic mass is 10.0. The minimum absolute atomic E-state index is 0.0736. The van der Waals surface area contributed by atoms with Crippen LogP contribution in [-0.4, -0.2) is 34.9 Å². The van der Waals surface area contributed by atoms with Crippen LogP contribution in [0.3, 0.4) is 0 Å². The van der Waals surface area contributed by atoms with Gasteiger partial charge < -0.3 is 15.5 Å². The van der Waals surface area contributed by atoms with Crippen molar-refractivity contribution in [1.29, 1.82) is 0 Å². The summed E-state index contributed by atoms with van der Waals surface area (Å²) in [5.74, 6) is -0.0736. The van der Waals surface area contributed by atoms with Crippen LogP contribution in [-0.2, 0) is 4.79 Å². The molecule has 0 radical (unpaired) electrons. The van der Waals surface area contributed by atoms with Crippen LogP contribution in [0.1, 0.15) is 361 Å². The fraction of sp³-hybridized carbons (Fsp3) is 0.843. The van der Waals surface area contributed by atoms with Crippen LogP contribution >= 0.6 is 0 Å². The van der Waals surface area contributed by atoms with Crippen molar-refractivity contribution in [3.8, 4) is 0 Å². The highest BCUT2D eigenvalue weighted by molar-refractivity contribution is 5.76. The van der Waals surface area contributed by atoms with Gasteiger partial charge in [0.25, 0.3) is 0 Å². The van der Waals surface area contributed by atoms with Gasteiger partial charge in [0.05, 0.1) is 18.8 Å². The maximum atomic E-state index is 12.5. The largest absolute Gasteiger partial charge is 0.394 e. The normalized spacial score (nSPS) is 13.1. The average Bonchev–Trinajstić information content (AvgIpc) is 3.40. The minimum Gasteiger partial charge on any atom is -0.394 e. The van der Waals surface area contributed by atoms with Gasteiger partial charge in [-0.3, -0.25) is 4.79 Å². The van der Waals surface area contributed by atoms with Crippen molar-refractivity contribution in [3.05, 3.63) is 60.8 Å². The van der Waals surface area contributed by atoms with E-state index in [9.17, 15) is 15.0 Å². The molecule has 0 aromatic rings. The van der Waals surface area contributed by atoms with Crippen molar-refractivity contribution in [2.45, 2.75) is 373 Å². The van der Waals surface area contributed by atoms with Crippen LogP contribution in [0.5, 0.6) is 0 Å². The molecule has 0 aliphatic heterocycles. The standard InChI is InChI=1S/C70H131NO3/c1-3-5-7-9-11-13-15-17-19-21-23-25-27-29-30-31-32-33-34-35-36-37-38-39-40-42-44-46-48-50-52-54-56-58-60-62-64-66-70(74)71-68(67-72)69(73)65-63-61-59-57-55-53-51-49-47-45-43-41-28-26-24-22-20-18-16-14-12-10-8-6-4-2/h30-31,33-34,47,49,55,57,63,65,68-69,72-73H,3-29,32,35-46,48,50-54,56,58-62,64,66-67H2,1-2H3,(H,71,74)/b31-30-,34-33-,49-47+,57-55+,65-63+. The van der Waals surface area contributed by atoms with Gasteiger partial charge in [0.15, 0.2) is 0 Å². The van der Waals surface area contributed by atoms with Gasteiger partial charge in [-0.1, -0.05) is 338 Å². The van der Waals surface area contributed by atoms with Crippen LogP contribution in [0.4, 0.5) is 0 Å². The van der Waals surface area contributed by atoms with Crippen LogP contribution in [0.15, 0.2) is 60.8 Å². The van der Waals surface area contributed by atoms with Crippen molar-refractivity contribution in [3.63, 3.8) is 0 Å². The number of aliphatic hydroxyl groups excluding tert-OH is 2. The molecule has 0 fully saturated rings. The Kier molecular flexibility index (Phi) is 63.7. The van der Waals surface area contributed by atoms with Gasteiger partial charge >= 0.3 is 0 Å². The van der Waals surface area contributed by atoms with Gasteiger partial charge in [-0.05, 0) is 77.0 Å². The van der Waals surface area contributed by atoms with Crippen molar-refractivity contribution in [2.24, 2.45) is 0 Å². The number of nitrogens with one attached hydrogen (secondary N) is 1. The molecule has 0 rings (SSSR count). The quantitative estimate of drug-likeness (QED) is 0.0420. The fourth-order valence-electron chi connectivity index (χ4n) is 10.4. The Morgan fingerprint density at radius 1 is 0.324 bits per heavy atom. The molecule has 2 unspecified atom stereocenters. The summed E-state index contributed by atoms with van der Waals surface area (Å²) in [7, 11) is 0. The Balaban J connectivity index is 3.49. The summed E-state index contributed by atoms with van der Waals surface area (Å²) >= 11 is 0. The van der Waals surface area contributed by atoms with E-state index in [0.29, 0.717) is 6.42 Å². The summed E-state index contributed by atoms with van der Waals surface area (Å²) < 4.78 is 0. The zero-order valence-corrected chi connectivity index (χ0v) is 50.1. The van der Waals surface area contributed by atoms with Crippen LogP contribution in [0, 0.1) is 0 Å². The number of carbonyl (C=O) groups is 1. The number of carbonyl (C=O) groups excluding carboxylic acids is 1. The first kappa shape index (κ1) is 72.1. The SMILES string of the molecule is CCCCCCCCCCCCCCC/C=C\C/C=C\CCCCCCCCCCCCCCCCCCCC(=O)NC(CO)C(O)/C=C/CC/C=C/CC/C=C/CCCCCCCCCCCCCCCCC. The van der Waals surface area contributed by atoms with E-state index < -0.39 is 12.1 Å². The molecule has 0 aromatic heterocycles. The Hall–Kier alpha value is -1.91. The minimum atomic E-state index is -0.873. The van der Waals surface area contributed by atoms with Gasteiger partial charge in [0.1, 0.15) is 0 Å². The van der Waals surface area contributed by atoms with Gasteiger partial charge in [-0.15, -0.1) is 0 Å². The number of allylic oxidation sites excluding steroid dienone is 9. The molecule has 3 N–H and O–H groups in total. The first-order valence-electron chi connectivity index (χ1n) is 33.5. The van der Waals surface area contributed by atoms with Crippen LogP contribution in [0.25, 0.3) is 0 Å². The lowest BCUT2D eigenvalue weighted by molar-refractivity contribution is -0.123. The molecule has 0 aromatic carbocycles. The molecule has 0 saturated carbocycles. The summed E-state index contributed by atoms with van der Waals surface area (Å²) in [6, 6.07) is -0.648. The topological polar surface area (TPSA) is 69.6 Å². The van der Waals surface area contributed by atoms with E-state index in [1.807, 2.05) is 6.08 Å². The molecule has 4 nitrogen and oxygen atoms in total. The third-order valence-electron chi connectivity index (χ3n) is 15.5. The van der Waals surface area contributed by atoms with Crippen molar-refractivity contribution in [2.75, 3.05) is 6.61 Å². The van der Waals surface area contributed by atoms with Crippen LogP contribution in [0.2, 0.25) is 0 Å². The highest BCUT2D eigenvalue weighted by Gasteiger charge is 2.18. The van der Waals surface area contributed by atoms with E-state index in [1.54, 1.807) is 6.08 Å². The Morgan fingerprint density at radius 3 is 0.865 bits per heavy atom. The van der Waals surface area contributed by atoms with Gasteiger partial charge in [0.2, 0.25) is 5.91 Å². The lowest BCUT2D eigenvalue weighted by Gasteiger charge is -2.19. The molecule has 434 valence electrons. The molecule has 0 heterocycles. The summed E-state index contributed by atoms with van der Waals surface area (Å²) in [5, 5.41) is 23.2. The molecule has 0 aliphatic carbocycles. The zero-order chi connectivity index (χ0) is 53.4. The smallest absolute Gasteiger partial charge is 0.220 e. The molecular weight excluding hydrogens is 903 g/mol. The number of aliphatic hydroxyl groups is 2. The van der Waals surface area contributed by atoms with E-state index in [1.165, 1.54) is 295 Å². The summed E-state index contributed by atoms with van der Waals surface area (Å²) in [6.07, 6.45) is 93.0. The highest BCUT2D eigenvalue weighted by atomic mass is 16.3. The van der Waals surface area contributed by atoms with E-state index in [-0.39, 0.29) is 12.5 Å². The van der Waals surface area contributed by atoms with Crippen molar-refractivity contribution >= 4 is 5.91 Å². The third-order valence-corrected chi connectivity index (χ3v) is 15.5. The Morgan fingerprint density at radius 2 is 0.568 bits per heavy atom. The predicted octanol–water partition coefficient (Wildman–Crippen LogP) is 22.7. The van der Waals surface area contributed by atoms with Gasteiger partial charge in [-0.2, -0.15) is 0 Å².